The van der Waals surface area contributed by atoms with Crippen LogP contribution in [0.5, 0.6) is 5.88 Å². The Kier molecular flexibility index (Phi) is 4.03. The number of hydrogen-bond donors (Lipinski definition) is 0. The number of methoxy groups -OCH3 is 1. The predicted molar refractivity (Wildman–Crippen MR) is 75.4 cm³/mol. The van der Waals surface area contributed by atoms with E-state index < -0.39 is 0 Å². The van der Waals surface area contributed by atoms with E-state index in [1.54, 1.807) is 7.11 Å². The first-order valence-corrected chi connectivity index (χ1v) is 7.78. The summed E-state index contributed by atoms with van der Waals surface area (Å²) >= 11 is 3.44. The molecule has 2 saturated carbocycles. The molecule has 0 aromatic carbocycles. The van der Waals surface area contributed by atoms with Crippen molar-refractivity contribution in [3.63, 3.8) is 0 Å². The minimum atomic E-state index is 0.215. The van der Waals surface area contributed by atoms with E-state index in [1.807, 2.05) is 6.07 Å². The first kappa shape index (κ1) is 13.3. The second-order valence-corrected chi connectivity index (χ2v) is 6.24. The first-order valence-electron chi connectivity index (χ1n) is 6.98. The number of halogens is 1. The average Bonchev–Trinajstić information content (AvgIpc) is 3.22. The van der Waals surface area contributed by atoms with Crippen molar-refractivity contribution in [2.75, 3.05) is 7.11 Å². The number of nitrogens with zero attached hydrogens (tertiary/aromatic N) is 2. The fraction of sp³-hybridized carbons (Fsp3) is 0.714. The highest BCUT2D eigenvalue weighted by Gasteiger charge is 2.28. The van der Waals surface area contributed by atoms with Crippen LogP contribution >= 0.6 is 15.9 Å². The zero-order valence-corrected chi connectivity index (χ0v) is 12.7. The fourth-order valence-electron chi connectivity index (χ4n) is 2.59. The number of hydrogen-bond acceptors (Lipinski definition) is 4. The Hall–Kier alpha value is -0.680. The molecule has 2 fully saturated rings. The molecule has 2 atom stereocenters. The highest BCUT2D eigenvalue weighted by Crippen LogP contribution is 2.39. The van der Waals surface area contributed by atoms with E-state index in [0.717, 1.165) is 36.1 Å². The molecular formula is C14H19BrN2O2. The molecule has 19 heavy (non-hydrogen) atoms. The van der Waals surface area contributed by atoms with Gasteiger partial charge in [0.1, 0.15) is 16.5 Å². The summed E-state index contributed by atoms with van der Waals surface area (Å²) in [5, 5.41) is 0. The fourth-order valence-corrected chi connectivity index (χ4v) is 2.97. The normalized spacial score (nSPS) is 27.3. The van der Waals surface area contributed by atoms with Crippen LogP contribution in [0.25, 0.3) is 0 Å². The summed E-state index contributed by atoms with van der Waals surface area (Å²) in [5.41, 5.74) is 0. The van der Waals surface area contributed by atoms with Gasteiger partial charge in [0, 0.05) is 25.5 Å². The second kappa shape index (κ2) is 5.75. The Morgan fingerprint density at radius 1 is 1.16 bits per heavy atom. The largest absolute Gasteiger partial charge is 0.474 e. The van der Waals surface area contributed by atoms with Gasteiger partial charge in [0.2, 0.25) is 5.88 Å². The van der Waals surface area contributed by atoms with Crippen molar-refractivity contribution in [2.24, 2.45) is 0 Å². The molecule has 0 N–H and O–H groups in total. The van der Waals surface area contributed by atoms with Gasteiger partial charge in [0.05, 0.1) is 6.10 Å². The minimum Gasteiger partial charge on any atom is -0.474 e. The summed E-state index contributed by atoms with van der Waals surface area (Å²) in [6.45, 7) is 0. The highest BCUT2D eigenvalue weighted by atomic mass is 79.9. The predicted octanol–water partition coefficient (Wildman–Crippen LogP) is 3.45. The second-order valence-electron chi connectivity index (χ2n) is 5.43. The summed E-state index contributed by atoms with van der Waals surface area (Å²) < 4.78 is 12.3. The molecule has 3 rings (SSSR count). The van der Waals surface area contributed by atoms with E-state index in [4.69, 9.17) is 9.47 Å². The van der Waals surface area contributed by atoms with Crippen LogP contribution in [0, 0.1) is 0 Å². The SMILES string of the molecule is COC1CCCC(Oc2cc(Br)nc(C3CC3)n2)C1. The van der Waals surface area contributed by atoms with Gasteiger partial charge in [-0.15, -0.1) is 0 Å². The number of aromatic nitrogens is 2. The van der Waals surface area contributed by atoms with E-state index >= 15 is 0 Å². The maximum absolute atomic E-state index is 6.03. The van der Waals surface area contributed by atoms with Gasteiger partial charge >= 0.3 is 0 Å². The van der Waals surface area contributed by atoms with E-state index in [2.05, 4.69) is 25.9 Å². The zero-order chi connectivity index (χ0) is 13.2. The standard InChI is InChI=1S/C14H19BrN2O2/c1-18-10-3-2-4-11(7-10)19-13-8-12(15)16-14(17-13)9-5-6-9/h8-11H,2-7H2,1H3. The number of rotatable bonds is 4. The molecule has 5 heteroatoms. The average molecular weight is 327 g/mol. The van der Waals surface area contributed by atoms with Crippen molar-refractivity contribution in [1.29, 1.82) is 0 Å². The third-order valence-electron chi connectivity index (χ3n) is 3.83. The molecular weight excluding hydrogens is 308 g/mol. The lowest BCUT2D eigenvalue weighted by Crippen LogP contribution is -2.29. The lowest BCUT2D eigenvalue weighted by molar-refractivity contribution is 0.0194. The maximum Gasteiger partial charge on any atom is 0.218 e. The Morgan fingerprint density at radius 3 is 2.68 bits per heavy atom. The van der Waals surface area contributed by atoms with Gasteiger partial charge in [-0.3, -0.25) is 0 Å². The van der Waals surface area contributed by atoms with Crippen molar-refractivity contribution in [3.8, 4) is 5.88 Å². The third kappa shape index (κ3) is 3.45. The molecule has 1 aromatic heterocycles. The van der Waals surface area contributed by atoms with Crippen LogP contribution in [0.3, 0.4) is 0 Å². The van der Waals surface area contributed by atoms with Gasteiger partial charge in [-0.2, -0.15) is 4.98 Å². The molecule has 0 bridgehead atoms. The van der Waals surface area contributed by atoms with Crippen molar-refractivity contribution in [1.82, 2.24) is 9.97 Å². The van der Waals surface area contributed by atoms with E-state index in [-0.39, 0.29) is 6.10 Å². The summed E-state index contributed by atoms with van der Waals surface area (Å²) in [7, 11) is 1.78. The van der Waals surface area contributed by atoms with Crippen LogP contribution in [0.1, 0.15) is 50.3 Å². The third-order valence-corrected chi connectivity index (χ3v) is 4.24. The van der Waals surface area contributed by atoms with E-state index in [1.165, 1.54) is 12.8 Å². The summed E-state index contributed by atoms with van der Waals surface area (Å²) in [5.74, 6) is 2.16. The molecule has 0 amide bonds. The van der Waals surface area contributed by atoms with Gasteiger partial charge in [0.15, 0.2) is 0 Å². The lowest BCUT2D eigenvalue weighted by Gasteiger charge is -2.28. The highest BCUT2D eigenvalue weighted by molar-refractivity contribution is 9.10. The molecule has 1 heterocycles. The summed E-state index contributed by atoms with van der Waals surface area (Å²) in [4.78, 5) is 8.96. The van der Waals surface area contributed by atoms with Gasteiger partial charge in [-0.1, -0.05) is 0 Å². The van der Waals surface area contributed by atoms with Crippen LogP contribution in [-0.2, 0) is 4.74 Å². The van der Waals surface area contributed by atoms with Gasteiger partial charge in [-0.25, -0.2) is 4.98 Å². The van der Waals surface area contributed by atoms with Crippen LogP contribution in [0.15, 0.2) is 10.7 Å². The van der Waals surface area contributed by atoms with E-state index in [9.17, 15) is 0 Å². The minimum absolute atomic E-state index is 0.215. The van der Waals surface area contributed by atoms with E-state index in [0.29, 0.717) is 17.9 Å². The van der Waals surface area contributed by atoms with Crippen LogP contribution in [-0.4, -0.2) is 29.3 Å². The van der Waals surface area contributed by atoms with Crippen LogP contribution < -0.4 is 4.74 Å². The van der Waals surface area contributed by atoms with Crippen molar-refractivity contribution >= 4 is 15.9 Å². The monoisotopic (exact) mass is 326 g/mol. The molecule has 0 saturated heterocycles. The molecule has 0 aliphatic heterocycles. The smallest absolute Gasteiger partial charge is 0.218 e. The molecule has 2 aliphatic carbocycles. The van der Waals surface area contributed by atoms with Crippen LogP contribution in [0.2, 0.25) is 0 Å². The van der Waals surface area contributed by atoms with Crippen molar-refractivity contribution in [3.05, 3.63) is 16.5 Å². The van der Waals surface area contributed by atoms with Gasteiger partial charge in [0.25, 0.3) is 0 Å². The molecule has 4 nitrogen and oxygen atoms in total. The van der Waals surface area contributed by atoms with Crippen molar-refractivity contribution in [2.45, 2.75) is 56.7 Å². The molecule has 104 valence electrons. The molecule has 1 aromatic rings. The van der Waals surface area contributed by atoms with Crippen molar-refractivity contribution < 1.29 is 9.47 Å². The first-order chi connectivity index (χ1) is 9.24. The molecule has 2 aliphatic rings. The molecule has 0 radical (unpaired) electrons. The maximum atomic E-state index is 6.03. The lowest BCUT2D eigenvalue weighted by atomic mass is 9.95. The zero-order valence-electron chi connectivity index (χ0n) is 11.1. The Balaban J connectivity index is 1.68. The quantitative estimate of drug-likeness (QED) is 0.795. The van der Waals surface area contributed by atoms with Gasteiger partial charge in [-0.05, 0) is 48.0 Å². The van der Waals surface area contributed by atoms with Gasteiger partial charge < -0.3 is 9.47 Å². The Morgan fingerprint density at radius 2 is 1.95 bits per heavy atom. The Labute approximate surface area is 122 Å². The molecule has 2 unspecified atom stereocenters. The Bertz CT molecular complexity index is 451. The summed E-state index contributed by atoms with van der Waals surface area (Å²) in [6.07, 6.45) is 7.27. The topological polar surface area (TPSA) is 44.2 Å². The van der Waals surface area contributed by atoms with Crippen LogP contribution in [0.4, 0.5) is 0 Å². The molecule has 0 spiro atoms. The number of ether oxygens (including phenoxy) is 2. The summed E-state index contributed by atoms with van der Waals surface area (Å²) in [6, 6.07) is 1.86.